The summed E-state index contributed by atoms with van der Waals surface area (Å²) < 4.78 is 33.2. The lowest BCUT2D eigenvalue weighted by atomic mass is 9.69. The maximum atomic E-state index is 10.7. The summed E-state index contributed by atoms with van der Waals surface area (Å²) in [6, 6.07) is 23.1. The molecule has 3 aromatic rings. The summed E-state index contributed by atoms with van der Waals surface area (Å²) in [7, 11) is 9.75. The van der Waals surface area contributed by atoms with Crippen molar-refractivity contribution in [3.63, 3.8) is 0 Å². The molecular formula is C42H58ClN3O6. The summed E-state index contributed by atoms with van der Waals surface area (Å²) in [4.78, 5) is 2.46. The van der Waals surface area contributed by atoms with Gasteiger partial charge in [-0.25, -0.2) is 0 Å². The van der Waals surface area contributed by atoms with E-state index in [1.165, 1.54) is 0 Å². The van der Waals surface area contributed by atoms with Crippen molar-refractivity contribution in [2.45, 2.75) is 70.6 Å². The van der Waals surface area contributed by atoms with Gasteiger partial charge in [-0.1, -0.05) is 45.9 Å². The zero-order chi connectivity index (χ0) is 37.6. The van der Waals surface area contributed by atoms with Gasteiger partial charge in [-0.2, -0.15) is 10.5 Å². The Morgan fingerprint density at radius 3 is 1.25 bits per heavy atom. The van der Waals surface area contributed by atoms with Gasteiger partial charge in [-0.15, -0.1) is 12.4 Å². The highest BCUT2D eigenvalue weighted by atomic mass is 35.5. The monoisotopic (exact) mass is 735 g/mol. The van der Waals surface area contributed by atoms with Crippen LogP contribution in [0.25, 0.3) is 0 Å². The van der Waals surface area contributed by atoms with E-state index in [2.05, 4.69) is 50.8 Å². The summed E-state index contributed by atoms with van der Waals surface area (Å²) in [6.07, 6.45) is 3.81. The molecule has 2 atom stereocenters. The zero-order valence-corrected chi connectivity index (χ0v) is 33.5. The fourth-order valence-electron chi connectivity index (χ4n) is 7.08. The molecule has 0 aliphatic heterocycles. The van der Waals surface area contributed by atoms with Gasteiger partial charge < -0.3 is 33.3 Å². The van der Waals surface area contributed by atoms with E-state index in [-0.39, 0.29) is 24.2 Å². The number of benzene rings is 3. The fourth-order valence-corrected chi connectivity index (χ4v) is 7.08. The molecular weight excluding hydrogens is 678 g/mol. The molecule has 3 aromatic carbocycles. The Morgan fingerprint density at radius 2 is 0.904 bits per heavy atom. The van der Waals surface area contributed by atoms with Gasteiger partial charge >= 0.3 is 0 Å². The third-order valence-corrected chi connectivity index (χ3v) is 10.4. The van der Waals surface area contributed by atoms with Crippen LogP contribution in [0.5, 0.6) is 34.5 Å². The van der Waals surface area contributed by atoms with Crippen LogP contribution in [0.15, 0.2) is 54.6 Å². The maximum Gasteiger partial charge on any atom is 0.161 e. The molecule has 0 aliphatic carbocycles. The third kappa shape index (κ3) is 9.97. The molecule has 0 fully saturated rings. The number of nitrogens with zero attached hydrogens (tertiary/aromatic N) is 3. The van der Waals surface area contributed by atoms with Crippen molar-refractivity contribution in [1.82, 2.24) is 4.90 Å². The number of hydrogen-bond donors (Lipinski definition) is 0. The predicted molar refractivity (Wildman–Crippen MR) is 209 cm³/mol. The van der Waals surface area contributed by atoms with E-state index in [0.717, 1.165) is 55.6 Å². The van der Waals surface area contributed by atoms with Crippen molar-refractivity contribution in [3.8, 4) is 46.6 Å². The Hall–Kier alpha value is -4.31. The van der Waals surface area contributed by atoms with Gasteiger partial charge in [0.15, 0.2) is 34.5 Å². The molecule has 0 saturated heterocycles. The third-order valence-electron chi connectivity index (χ3n) is 10.4. The number of methoxy groups -OCH3 is 6. The van der Waals surface area contributed by atoms with Gasteiger partial charge in [0.2, 0.25) is 0 Å². The molecule has 2 unspecified atom stereocenters. The number of nitriles is 2. The van der Waals surface area contributed by atoms with Crippen molar-refractivity contribution < 1.29 is 28.4 Å². The molecule has 0 heterocycles. The second-order valence-electron chi connectivity index (χ2n) is 13.6. The van der Waals surface area contributed by atoms with E-state index in [9.17, 15) is 10.5 Å². The molecule has 9 nitrogen and oxygen atoms in total. The molecule has 0 saturated carbocycles. The van der Waals surface area contributed by atoms with Gasteiger partial charge in [0.25, 0.3) is 0 Å². The Morgan fingerprint density at radius 1 is 0.538 bits per heavy atom. The molecule has 10 heteroatoms. The molecule has 284 valence electrons. The SMILES string of the molecule is COc1ccc(CCN(CCCC(C#N)(c2ccc(OC)c(OC)c2)C(C)C)CCCC(C#N)(c2ccc(OC)c(OC)c2)C(C)C)cc1OC.Cl. The van der Waals surface area contributed by atoms with Gasteiger partial charge in [-0.05, 0) is 110 Å². The molecule has 0 aliphatic rings. The number of ether oxygens (including phenoxy) is 6. The van der Waals surface area contributed by atoms with E-state index in [1.54, 1.807) is 42.7 Å². The van der Waals surface area contributed by atoms with Crippen molar-refractivity contribution >= 4 is 12.4 Å². The predicted octanol–water partition coefficient (Wildman–Crippen LogP) is 8.80. The second-order valence-corrected chi connectivity index (χ2v) is 13.6. The van der Waals surface area contributed by atoms with Crippen molar-refractivity contribution in [2.24, 2.45) is 11.8 Å². The second kappa shape index (κ2) is 20.7. The molecule has 0 spiro atoms. The van der Waals surface area contributed by atoms with E-state index in [0.29, 0.717) is 47.3 Å². The first-order valence-electron chi connectivity index (χ1n) is 17.7. The van der Waals surface area contributed by atoms with Gasteiger partial charge in [0.1, 0.15) is 0 Å². The van der Waals surface area contributed by atoms with E-state index in [4.69, 9.17) is 28.4 Å². The van der Waals surface area contributed by atoms with E-state index < -0.39 is 10.8 Å². The highest BCUT2D eigenvalue weighted by molar-refractivity contribution is 5.85. The normalized spacial score (nSPS) is 13.3. The van der Waals surface area contributed by atoms with E-state index in [1.807, 2.05) is 48.5 Å². The average molecular weight is 736 g/mol. The highest BCUT2D eigenvalue weighted by Gasteiger charge is 2.38. The average Bonchev–Trinajstić information content (AvgIpc) is 3.15. The Bertz CT molecular complexity index is 1560. The van der Waals surface area contributed by atoms with Gasteiger partial charge in [0, 0.05) is 6.54 Å². The minimum Gasteiger partial charge on any atom is -0.493 e. The van der Waals surface area contributed by atoms with Crippen LogP contribution in [0.2, 0.25) is 0 Å². The number of hydrogen-bond acceptors (Lipinski definition) is 9. The smallest absolute Gasteiger partial charge is 0.161 e. The molecule has 0 aromatic heterocycles. The lowest BCUT2D eigenvalue weighted by Gasteiger charge is -2.34. The molecule has 3 rings (SSSR count). The van der Waals surface area contributed by atoms with Crippen LogP contribution in [0.1, 0.15) is 70.1 Å². The summed E-state index contributed by atoms with van der Waals surface area (Å²) in [6.45, 7) is 10.8. The first-order chi connectivity index (χ1) is 24.5. The molecule has 52 heavy (non-hydrogen) atoms. The molecule has 0 amide bonds. The summed E-state index contributed by atoms with van der Waals surface area (Å²) >= 11 is 0. The van der Waals surface area contributed by atoms with Crippen LogP contribution < -0.4 is 28.4 Å². The fraction of sp³-hybridized carbons (Fsp3) is 0.524. The van der Waals surface area contributed by atoms with Crippen molar-refractivity contribution in [3.05, 3.63) is 71.3 Å². The first kappa shape index (κ1) is 43.9. The Labute approximate surface area is 318 Å². The Balaban J connectivity index is 0.00000936. The molecule has 0 radical (unpaired) electrons. The van der Waals surface area contributed by atoms with Crippen LogP contribution in [-0.2, 0) is 17.3 Å². The highest BCUT2D eigenvalue weighted by Crippen LogP contribution is 2.42. The molecule has 0 bridgehead atoms. The van der Waals surface area contributed by atoms with E-state index >= 15 is 0 Å². The van der Waals surface area contributed by atoms with Gasteiger partial charge in [0.05, 0.1) is 65.6 Å². The summed E-state index contributed by atoms with van der Waals surface area (Å²) in [5.74, 6) is 4.07. The van der Waals surface area contributed by atoms with Crippen molar-refractivity contribution in [2.75, 3.05) is 62.3 Å². The van der Waals surface area contributed by atoms with Crippen LogP contribution in [0, 0.1) is 34.5 Å². The maximum absolute atomic E-state index is 10.7. The molecule has 0 N–H and O–H groups in total. The Kier molecular flexibility index (Phi) is 17.4. The summed E-state index contributed by atoms with van der Waals surface area (Å²) in [5, 5.41) is 21.4. The van der Waals surface area contributed by atoms with Crippen LogP contribution in [-0.4, -0.2) is 67.2 Å². The van der Waals surface area contributed by atoms with Gasteiger partial charge in [-0.3, -0.25) is 0 Å². The zero-order valence-electron chi connectivity index (χ0n) is 32.7. The minimum absolute atomic E-state index is 0. The van der Waals surface area contributed by atoms with Crippen LogP contribution >= 0.6 is 12.4 Å². The minimum atomic E-state index is -0.699. The lowest BCUT2D eigenvalue weighted by molar-refractivity contribution is 0.237. The van der Waals surface area contributed by atoms with Crippen LogP contribution in [0.4, 0.5) is 0 Å². The number of rotatable bonds is 21. The summed E-state index contributed by atoms with van der Waals surface area (Å²) in [5.41, 5.74) is 1.61. The largest absolute Gasteiger partial charge is 0.493 e. The van der Waals surface area contributed by atoms with Crippen molar-refractivity contribution in [1.29, 1.82) is 10.5 Å². The lowest BCUT2D eigenvalue weighted by Crippen LogP contribution is -2.35. The standard InChI is InChI=1S/C42H57N3O6.ClH/c1-30(2)41(28-43,33-14-17-36(47-6)39(26-33)50-9)20-11-22-45(24-19-32-13-16-35(46-5)38(25-32)49-8)23-12-21-42(29-44,31(3)4)34-15-18-37(48-7)40(27-34)51-10;/h13-18,25-27,30-31H,11-12,19-24H2,1-10H3;1H. The first-order valence-corrected chi connectivity index (χ1v) is 17.7. The quantitative estimate of drug-likeness (QED) is 0.106. The topological polar surface area (TPSA) is 106 Å². The number of halogens is 1. The van der Waals surface area contributed by atoms with Crippen LogP contribution in [0.3, 0.4) is 0 Å².